The van der Waals surface area contributed by atoms with Crippen LogP contribution in [0.2, 0.25) is 0 Å². The Bertz CT molecular complexity index is 670. The van der Waals surface area contributed by atoms with Gasteiger partial charge in [0.1, 0.15) is 6.61 Å². The summed E-state index contributed by atoms with van der Waals surface area (Å²) >= 11 is 1.39. The standard InChI is InChI=1S/C12H9N3O3S/c16-10-6-19-12-14-13-11(15(10)12)9-5-17-7-3-1-2-4-8(7)18-9/h1-4,9H,5-6H2. The number of para-hydroxylation sites is 2. The largest absolute Gasteiger partial charge is 0.485 e. The van der Waals surface area contributed by atoms with Gasteiger partial charge in [0.25, 0.3) is 0 Å². The van der Waals surface area contributed by atoms with Gasteiger partial charge in [0, 0.05) is 0 Å². The topological polar surface area (TPSA) is 66.2 Å². The van der Waals surface area contributed by atoms with Gasteiger partial charge in [-0.05, 0) is 12.1 Å². The Morgan fingerprint density at radius 3 is 3.00 bits per heavy atom. The maximum Gasteiger partial charge on any atom is 0.244 e. The zero-order chi connectivity index (χ0) is 12.8. The van der Waals surface area contributed by atoms with E-state index in [2.05, 4.69) is 10.2 Å². The van der Waals surface area contributed by atoms with Crippen LogP contribution in [-0.2, 0) is 0 Å². The Labute approximate surface area is 112 Å². The molecule has 1 atom stereocenters. The second-order valence-electron chi connectivity index (χ2n) is 4.22. The van der Waals surface area contributed by atoms with Crippen molar-refractivity contribution in [1.29, 1.82) is 0 Å². The number of hydrogen-bond donors (Lipinski definition) is 0. The minimum atomic E-state index is -0.404. The van der Waals surface area contributed by atoms with Gasteiger partial charge in [-0.25, -0.2) is 4.57 Å². The van der Waals surface area contributed by atoms with E-state index in [0.29, 0.717) is 34.8 Å². The third-order valence-electron chi connectivity index (χ3n) is 3.03. The molecule has 2 aliphatic rings. The molecule has 0 bridgehead atoms. The van der Waals surface area contributed by atoms with E-state index in [9.17, 15) is 4.79 Å². The lowest BCUT2D eigenvalue weighted by Gasteiger charge is -2.25. The van der Waals surface area contributed by atoms with Crippen molar-refractivity contribution in [3.8, 4) is 11.5 Å². The van der Waals surface area contributed by atoms with Crippen molar-refractivity contribution in [1.82, 2.24) is 14.8 Å². The first-order valence-corrected chi connectivity index (χ1v) is 6.81. The highest BCUT2D eigenvalue weighted by atomic mass is 32.2. The Morgan fingerprint density at radius 1 is 1.26 bits per heavy atom. The first-order valence-electron chi connectivity index (χ1n) is 5.83. The molecule has 4 rings (SSSR count). The molecule has 3 heterocycles. The number of thioether (sulfide) groups is 1. The maximum atomic E-state index is 11.8. The van der Waals surface area contributed by atoms with Crippen molar-refractivity contribution in [3.05, 3.63) is 30.1 Å². The molecule has 0 fully saturated rings. The van der Waals surface area contributed by atoms with E-state index in [1.807, 2.05) is 24.3 Å². The Hall–Kier alpha value is -2.02. The first-order chi connectivity index (χ1) is 9.33. The monoisotopic (exact) mass is 275 g/mol. The van der Waals surface area contributed by atoms with Crippen LogP contribution in [0, 0.1) is 0 Å². The fourth-order valence-electron chi connectivity index (χ4n) is 2.16. The van der Waals surface area contributed by atoms with Crippen molar-refractivity contribution < 1.29 is 14.3 Å². The van der Waals surface area contributed by atoms with Crippen LogP contribution in [-0.4, -0.2) is 33.0 Å². The summed E-state index contributed by atoms with van der Waals surface area (Å²) in [7, 11) is 0. The zero-order valence-electron chi connectivity index (χ0n) is 9.78. The van der Waals surface area contributed by atoms with Gasteiger partial charge in [-0.2, -0.15) is 0 Å². The van der Waals surface area contributed by atoms with Crippen molar-refractivity contribution in [2.24, 2.45) is 0 Å². The lowest BCUT2D eigenvalue weighted by molar-refractivity contribution is 0.0763. The molecule has 0 amide bonds. The molecule has 2 aliphatic heterocycles. The number of aromatic nitrogens is 3. The molecule has 0 saturated heterocycles. The summed E-state index contributed by atoms with van der Waals surface area (Å²) in [4.78, 5) is 11.8. The SMILES string of the molecule is O=C1CSc2nnc(C3COc4ccccc4O3)n21. The number of carbonyl (C=O) groups is 1. The molecular weight excluding hydrogens is 266 g/mol. The maximum absolute atomic E-state index is 11.8. The van der Waals surface area contributed by atoms with Crippen LogP contribution in [0.3, 0.4) is 0 Å². The van der Waals surface area contributed by atoms with Gasteiger partial charge >= 0.3 is 0 Å². The average molecular weight is 275 g/mol. The van der Waals surface area contributed by atoms with Gasteiger partial charge < -0.3 is 9.47 Å². The van der Waals surface area contributed by atoms with Crippen molar-refractivity contribution >= 4 is 17.7 Å². The zero-order valence-corrected chi connectivity index (χ0v) is 10.6. The van der Waals surface area contributed by atoms with Crippen molar-refractivity contribution in [2.45, 2.75) is 11.3 Å². The highest BCUT2D eigenvalue weighted by Gasteiger charge is 2.33. The summed E-state index contributed by atoms with van der Waals surface area (Å²) in [5, 5.41) is 8.68. The van der Waals surface area contributed by atoms with Gasteiger partial charge in [-0.1, -0.05) is 23.9 Å². The molecule has 1 unspecified atom stereocenters. The fourth-order valence-corrected chi connectivity index (χ4v) is 2.96. The average Bonchev–Trinajstić information content (AvgIpc) is 3.02. The second-order valence-corrected chi connectivity index (χ2v) is 5.17. The molecular formula is C12H9N3O3S. The van der Waals surface area contributed by atoms with Gasteiger partial charge in [0.15, 0.2) is 28.6 Å². The third kappa shape index (κ3) is 1.61. The predicted molar refractivity (Wildman–Crippen MR) is 66.7 cm³/mol. The van der Waals surface area contributed by atoms with E-state index >= 15 is 0 Å². The summed E-state index contributed by atoms with van der Waals surface area (Å²) in [6.07, 6.45) is -0.404. The molecule has 1 aromatic carbocycles. The van der Waals surface area contributed by atoms with Crippen LogP contribution in [0.15, 0.2) is 29.4 Å². The van der Waals surface area contributed by atoms with E-state index in [0.717, 1.165) is 0 Å². The molecule has 96 valence electrons. The van der Waals surface area contributed by atoms with E-state index < -0.39 is 6.10 Å². The van der Waals surface area contributed by atoms with Crippen LogP contribution in [0.5, 0.6) is 11.5 Å². The van der Waals surface area contributed by atoms with E-state index in [4.69, 9.17) is 9.47 Å². The van der Waals surface area contributed by atoms with Gasteiger partial charge in [0.05, 0.1) is 5.75 Å². The number of rotatable bonds is 1. The van der Waals surface area contributed by atoms with Crippen LogP contribution in [0.1, 0.15) is 16.7 Å². The third-order valence-corrected chi connectivity index (χ3v) is 3.94. The van der Waals surface area contributed by atoms with Crippen LogP contribution in [0.25, 0.3) is 0 Å². The van der Waals surface area contributed by atoms with Crippen molar-refractivity contribution in [3.63, 3.8) is 0 Å². The molecule has 2 aromatic rings. The lowest BCUT2D eigenvalue weighted by atomic mass is 10.2. The van der Waals surface area contributed by atoms with E-state index in [-0.39, 0.29) is 5.91 Å². The van der Waals surface area contributed by atoms with Gasteiger partial charge in [0.2, 0.25) is 5.91 Å². The summed E-state index contributed by atoms with van der Waals surface area (Å²) in [6, 6.07) is 7.44. The first kappa shape index (κ1) is 10.9. The predicted octanol–water partition coefficient (Wildman–Crippen LogP) is 1.54. The normalized spacial score (nSPS) is 20.4. The summed E-state index contributed by atoms with van der Waals surface area (Å²) in [5.41, 5.74) is 0. The molecule has 19 heavy (non-hydrogen) atoms. The number of hydrogen-bond acceptors (Lipinski definition) is 6. The lowest BCUT2D eigenvalue weighted by Crippen LogP contribution is -2.26. The molecule has 0 aliphatic carbocycles. The minimum Gasteiger partial charge on any atom is -0.485 e. The summed E-state index contributed by atoms with van der Waals surface area (Å²) in [5.74, 6) is 2.28. The molecule has 0 N–H and O–H groups in total. The summed E-state index contributed by atoms with van der Waals surface area (Å²) in [6.45, 7) is 0.326. The van der Waals surface area contributed by atoms with Crippen LogP contribution < -0.4 is 9.47 Å². The van der Waals surface area contributed by atoms with Crippen LogP contribution in [0.4, 0.5) is 0 Å². The molecule has 1 aromatic heterocycles. The minimum absolute atomic E-state index is 0.0116. The Balaban J connectivity index is 1.71. The number of carbonyl (C=O) groups excluding carboxylic acids is 1. The molecule has 6 nitrogen and oxygen atoms in total. The Kier molecular flexibility index (Phi) is 2.28. The van der Waals surface area contributed by atoms with Gasteiger partial charge in [-0.3, -0.25) is 4.79 Å². The quantitative estimate of drug-likeness (QED) is 0.786. The molecule has 0 spiro atoms. The summed E-state index contributed by atoms with van der Waals surface area (Å²) < 4.78 is 13.0. The van der Waals surface area contributed by atoms with Crippen LogP contribution >= 0.6 is 11.8 Å². The Morgan fingerprint density at radius 2 is 2.11 bits per heavy atom. The fraction of sp³-hybridized carbons (Fsp3) is 0.250. The van der Waals surface area contributed by atoms with E-state index in [1.54, 1.807) is 0 Å². The highest BCUT2D eigenvalue weighted by molar-refractivity contribution is 8.00. The second kappa shape index (κ2) is 3.99. The number of ether oxygens (including phenoxy) is 2. The number of benzene rings is 1. The molecule has 0 saturated carbocycles. The van der Waals surface area contributed by atoms with E-state index in [1.165, 1.54) is 16.3 Å². The molecule has 0 radical (unpaired) electrons. The number of fused-ring (bicyclic) bond motifs is 2. The van der Waals surface area contributed by atoms with Crippen molar-refractivity contribution in [2.75, 3.05) is 12.4 Å². The highest BCUT2D eigenvalue weighted by Crippen LogP contribution is 2.36. The number of nitrogens with zero attached hydrogens (tertiary/aromatic N) is 3. The molecule has 7 heteroatoms. The van der Waals surface area contributed by atoms with Gasteiger partial charge in [-0.15, -0.1) is 10.2 Å². The smallest absolute Gasteiger partial charge is 0.244 e.